The van der Waals surface area contributed by atoms with Gasteiger partial charge < -0.3 is 18.8 Å². The lowest BCUT2D eigenvalue weighted by molar-refractivity contribution is 0.0997. The van der Waals surface area contributed by atoms with E-state index in [0.717, 1.165) is 23.1 Å². The number of amides is 1. The largest absolute Gasteiger partial charge is 0.495 e. The summed E-state index contributed by atoms with van der Waals surface area (Å²) in [4.78, 5) is 18.0. The average Bonchev–Trinajstić information content (AvgIpc) is 3.63. The van der Waals surface area contributed by atoms with Gasteiger partial charge in [0.2, 0.25) is 10.0 Å². The van der Waals surface area contributed by atoms with Crippen molar-refractivity contribution in [1.82, 2.24) is 8.87 Å². The van der Waals surface area contributed by atoms with Gasteiger partial charge in [-0.15, -0.1) is 0 Å². The van der Waals surface area contributed by atoms with Crippen LogP contribution in [0.3, 0.4) is 0 Å². The third-order valence-electron chi connectivity index (χ3n) is 5.75. The van der Waals surface area contributed by atoms with Crippen LogP contribution in [0.5, 0.6) is 11.5 Å². The summed E-state index contributed by atoms with van der Waals surface area (Å²) in [6, 6.07) is 9.56. The molecule has 0 bridgehead atoms. The van der Waals surface area contributed by atoms with E-state index >= 15 is 0 Å². The average molecular weight is 506 g/mol. The number of fused-ring (bicyclic) bond motifs is 1. The summed E-state index contributed by atoms with van der Waals surface area (Å²) in [6.45, 7) is 0.867. The molecule has 34 heavy (non-hydrogen) atoms. The van der Waals surface area contributed by atoms with Gasteiger partial charge in [0.1, 0.15) is 21.7 Å². The Morgan fingerprint density at radius 3 is 2.32 bits per heavy atom. The number of thiazole rings is 1. The zero-order valence-electron chi connectivity index (χ0n) is 19.5. The maximum atomic E-state index is 13.0. The number of hydrogen-bond acceptors (Lipinski definition) is 7. The number of carbonyl (C=O) groups excluding carboxylic acids is 1. The minimum atomic E-state index is -3.58. The van der Waals surface area contributed by atoms with Crippen molar-refractivity contribution in [3.8, 4) is 11.5 Å². The molecule has 9 nitrogen and oxygen atoms in total. The van der Waals surface area contributed by atoms with Crippen molar-refractivity contribution in [3.05, 3.63) is 46.8 Å². The number of aromatic nitrogens is 1. The van der Waals surface area contributed by atoms with Gasteiger partial charge >= 0.3 is 0 Å². The number of benzene rings is 2. The summed E-state index contributed by atoms with van der Waals surface area (Å²) in [6.07, 6.45) is 1.75. The molecule has 0 saturated heterocycles. The van der Waals surface area contributed by atoms with E-state index in [1.54, 1.807) is 34.4 Å². The zero-order valence-corrected chi connectivity index (χ0v) is 21.1. The number of ether oxygens (including phenoxy) is 3. The molecule has 0 unspecified atom stereocenters. The highest BCUT2D eigenvalue weighted by Gasteiger charge is 2.35. The Hall–Kier alpha value is -2.73. The molecule has 1 saturated carbocycles. The van der Waals surface area contributed by atoms with Crippen LogP contribution in [-0.4, -0.2) is 64.2 Å². The predicted molar refractivity (Wildman–Crippen MR) is 129 cm³/mol. The van der Waals surface area contributed by atoms with E-state index in [-0.39, 0.29) is 10.9 Å². The minimum absolute atomic E-state index is 0.0609. The van der Waals surface area contributed by atoms with Crippen LogP contribution in [0.25, 0.3) is 10.2 Å². The summed E-state index contributed by atoms with van der Waals surface area (Å²) in [5, 5.41) is 0. The van der Waals surface area contributed by atoms with Gasteiger partial charge in [-0.05, 0) is 49.2 Å². The molecule has 4 rings (SSSR count). The number of rotatable bonds is 9. The Labute approximate surface area is 202 Å². The highest BCUT2D eigenvalue weighted by atomic mass is 32.2. The molecule has 3 aromatic rings. The van der Waals surface area contributed by atoms with Crippen LogP contribution in [0, 0.1) is 0 Å². The summed E-state index contributed by atoms with van der Waals surface area (Å²) < 4.78 is 45.8. The van der Waals surface area contributed by atoms with E-state index in [1.807, 2.05) is 10.6 Å². The van der Waals surface area contributed by atoms with Crippen molar-refractivity contribution in [1.29, 1.82) is 0 Å². The first-order valence-corrected chi connectivity index (χ1v) is 13.0. The standard InChI is InChI=1S/C23H27N3O6S2/c1-25(16-7-8-16)34(28,29)17-9-5-15(6-10-17)22(27)24-23-26(13-14-30-2)20-18(31-3)11-12-19(32-4)21(20)33-23/h5-6,9-12,16H,7-8,13-14H2,1-4H3. The second-order valence-corrected chi connectivity index (χ2v) is 10.8. The number of hydrogen-bond donors (Lipinski definition) is 0. The van der Waals surface area contributed by atoms with E-state index in [4.69, 9.17) is 14.2 Å². The highest BCUT2D eigenvalue weighted by Crippen LogP contribution is 2.35. The molecule has 11 heteroatoms. The number of sulfonamides is 1. The van der Waals surface area contributed by atoms with Crippen molar-refractivity contribution in [2.45, 2.75) is 30.3 Å². The van der Waals surface area contributed by atoms with Crippen LogP contribution in [0.15, 0.2) is 46.3 Å². The second-order valence-electron chi connectivity index (χ2n) is 7.87. The van der Waals surface area contributed by atoms with Crippen molar-refractivity contribution in [3.63, 3.8) is 0 Å². The second kappa shape index (κ2) is 9.87. The van der Waals surface area contributed by atoms with Gasteiger partial charge in [-0.25, -0.2) is 8.42 Å². The lowest BCUT2D eigenvalue weighted by Gasteiger charge is -2.16. The van der Waals surface area contributed by atoms with Crippen molar-refractivity contribution in [2.75, 3.05) is 35.0 Å². The molecule has 1 aliphatic rings. The number of nitrogens with zero attached hydrogens (tertiary/aromatic N) is 3. The molecule has 0 radical (unpaired) electrons. The molecule has 1 fully saturated rings. The minimum Gasteiger partial charge on any atom is -0.495 e. The summed E-state index contributed by atoms with van der Waals surface area (Å²) in [5.74, 6) is 0.803. The van der Waals surface area contributed by atoms with E-state index < -0.39 is 15.9 Å². The number of methoxy groups -OCH3 is 3. The fourth-order valence-electron chi connectivity index (χ4n) is 3.65. The Kier molecular flexibility index (Phi) is 7.08. The molecule has 0 spiro atoms. The van der Waals surface area contributed by atoms with Gasteiger partial charge in [0.05, 0.1) is 25.7 Å². The van der Waals surface area contributed by atoms with Crippen molar-refractivity contribution < 1.29 is 27.4 Å². The van der Waals surface area contributed by atoms with Gasteiger partial charge in [0.25, 0.3) is 5.91 Å². The molecular weight excluding hydrogens is 478 g/mol. The quantitative estimate of drug-likeness (QED) is 0.443. The first-order chi connectivity index (χ1) is 16.3. The van der Waals surface area contributed by atoms with Crippen molar-refractivity contribution in [2.24, 2.45) is 4.99 Å². The van der Waals surface area contributed by atoms with Gasteiger partial charge in [0.15, 0.2) is 4.80 Å². The smallest absolute Gasteiger partial charge is 0.279 e. The van der Waals surface area contributed by atoms with E-state index in [1.165, 1.54) is 39.9 Å². The van der Waals surface area contributed by atoms with E-state index in [9.17, 15) is 13.2 Å². The Bertz CT molecular complexity index is 1370. The molecule has 0 atom stereocenters. The van der Waals surface area contributed by atoms with Crippen LogP contribution in [0.4, 0.5) is 0 Å². The lowest BCUT2D eigenvalue weighted by atomic mass is 10.2. The van der Waals surface area contributed by atoms with Crippen molar-refractivity contribution >= 4 is 37.5 Å². The van der Waals surface area contributed by atoms with Gasteiger partial charge in [-0.3, -0.25) is 4.79 Å². The Morgan fingerprint density at radius 1 is 1.09 bits per heavy atom. The normalized spacial score (nSPS) is 14.7. The fraction of sp³-hybridized carbons (Fsp3) is 0.391. The maximum absolute atomic E-state index is 13.0. The molecular formula is C23H27N3O6S2. The Balaban J connectivity index is 1.74. The van der Waals surface area contributed by atoms with E-state index in [2.05, 4.69) is 4.99 Å². The molecule has 1 amide bonds. The SMILES string of the molecule is COCCn1c(=NC(=O)c2ccc(S(=O)(=O)N(C)C3CC3)cc2)sc2c(OC)ccc(OC)c21. The lowest BCUT2D eigenvalue weighted by Crippen LogP contribution is -2.28. The van der Waals surface area contributed by atoms with Gasteiger partial charge in [-0.1, -0.05) is 11.3 Å². The first kappa shape index (κ1) is 24.4. The summed E-state index contributed by atoms with van der Waals surface area (Å²) in [7, 11) is 2.77. The van der Waals surface area contributed by atoms with Crippen LogP contribution < -0.4 is 14.3 Å². The molecule has 2 aromatic carbocycles. The van der Waals surface area contributed by atoms with E-state index in [0.29, 0.717) is 35.0 Å². The third-order valence-corrected chi connectivity index (χ3v) is 8.77. The summed E-state index contributed by atoms with van der Waals surface area (Å²) in [5.41, 5.74) is 1.06. The zero-order chi connectivity index (χ0) is 24.5. The molecule has 0 aliphatic heterocycles. The van der Waals surface area contributed by atoms with Crippen LogP contribution >= 0.6 is 11.3 Å². The van der Waals surface area contributed by atoms with Crippen LogP contribution in [0.1, 0.15) is 23.2 Å². The molecule has 182 valence electrons. The monoisotopic (exact) mass is 505 g/mol. The molecule has 0 N–H and O–H groups in total. The third kappa shape index (κ3) is 4.61. The topological polar surface area (TPSA) is 99.4 Å². The predicted octanol–water partition coefficient (Wildman–Crippen LogP) is 2.89. The Morgan fingerprint density at radius 2 is 1.74 bits per heavy atom. The van der Waals surface area contributed by atoms with Gasteiger partial charge in [0, 0.05) is 32.3 Å². The molecule has 1 aliphatic carbocycles. The first-order valence-electron chi connectivity index (χ1n) is 10.7. The number of carbonyl (C=O) groups is 1. The maximum Gasteiger partial charge on any atom is 0.279 e. The van der Waals surface area contributed by atoms with Crippen LogP contribution in [-0.2, 0) is 21.3 Å². The molecule has 1 heterocycles. The fourth-order valence-corrected chi connectivity index (χ4v) is 6.23. The van der Waals surface area contributed by atoms with Gasteiger partial charge in [-0.2, -0.15) is 9.30 Å². The summed E-state index contributed by atoms with van der Waals surface area (Å²) >= 11 is 1.31. The highest BCUT2D eigenvalue weighted by molar-refractivity contribution is 7.89. The molecule has 1 aromatic heterocycles. The van der Waals surface area contributed by atoms with Crippen LogP contribution in [0.2, 0.25) is 0 Å².